The van der Waals surface area contributed by atoms with Gasteiger partial charge in [-0.15, -0.1) is 11.3 Å². The minimum atomic E-state index is -0.187. The molecule has 1 amide bonds. The van der Waals surface area contributed by atoms with Gasteiger partial charge in [0.1, 0.15) is 5.01 Å². The molecule has 0 aliphatic rings. The second kappa shape index (κ2) is 10.8. The average molecular weight is 614 g/mol. The van der Waals surface area contributed by atoms with Crippen molar-refractivity contribution in [3.63, 3.8) is 0 Å². The molecule has 0 radical (unpaired) electrons. The fourth-order valence-corrected chi connectivity index (χ4v) is 6.35. The van der Waals surface area contributed by atoms with Crippen molar-refractivity contribution in [2.45, 2.75) is 12.1 Å². The first-order valence-corrected chi connectivity index (χ1v) is 14.7. The lowest BCUT2D eigenvalue weighted by Gasteiger charge is -2.13. The van der Waals surface area contributed by atoms with Crippen molar-refractivity contribution < 1.29 is 4.79 Å². The zero-order chi connectivity index (χ0) is 26.9. The summed E-state index contributed by atoms with van der Waals surface area (Å²) in [4.78, 5) is 35.7. The summed E-state index contributed by atoms with van der Waals surface area (Å²) in [6.45, 7) is 2.07. The number of amides is 1. The predicted octanol–water partition coefficient (Wildman–Crippen LogP) is 7.46. The van der Waals surface area contributed by atoms with Gasteiger partial charge in [-0.2, -0.15) is 0 Å². The smallest absolute Gasteiger partial charge is 0.266 e. The van der Waals surface area contributed by atoms with E-state index in [4.69, 9.17) is 9.97 Å². The van der Waals surface area contributed by atoms with Crippen molar-refractivity contribution in [3.05, 3.63) is 111 Å². The minimum absolute atomic E-state index is 0.0975. The second-order valence-electron chi connectivity index (χ2n) is 8.93. The van der Waals surface area contributed by atoms with E-state index in [1.165, 1.54) is 17.3 Å². The first-order valence-electron chi connectivity index (χ1n) is 12.1. The molecule has 192 valence electrons. The van der Waals surface area contributed by atoms with Crippen LogP contribution in [0.3, 0.4) is 0 Å². The number of thioether (sulfide) groups is 1. The van der Waals surface area contributed by atoms with Crippen molar-refractivity contribution in [3.8, 4) is 16.3 Å². The van der Waals surface area contributed by atoms with Crippen molar-refractivity contribution >= 4 is 71.7 Å². The van der Waals surface area contributed by atoms with Gasteiger partial charge in [-0.3, -0.25) is 14.2 Å². The summed E-state index contributed by atoms with van der Waals surface area (Å²) in [5.41, 5.74) is 4.99. The molecule has 6 rings (SSSR count). The topological polar surface area (TPSA) is 76.9 Å². The predicted molar refractivity (Wildman–Crippen MR) is 164 cm³/mol. The SMILES string of the molecule is Cc1ccc2nc(-c3ccc(NC(=O)CSc4nc5ccccc5c(=O)n4-c4ccc(Br)cc4)cc3)sc2c1. The highest BCUT2D eigenvalue weighted by Crippen LogP contribution is 2.31. The maximum atomic E-state index is 13.4. The lowest BCUT2D eigenvalue weighted by molar-refractivity contribution is -0.113. The first-order chi connectivity index (χ1) is 18.9. The van der Waals surface area contributed by atoms with E-state index in [0.717, 1.165) is 25.3 Å². The van der Waals surface area contributed by atoms with E-state index in [1.54, 1.807) is 28.0 Å². The highest BCUT2D eigenvalue weighted by molar-refractivity contribution is 9.10. The van der Waals surface area contributed by atoms with E-state index >= 15 is 0 Å². The van der Waals surface area contributed by atoms with Gasteiger partial charge < -0.3 is 5.32 Å². The summed E-state index contributed by atoms with van der Waals surface area (Å²) in [6, 6.07) is 28.6. The van der Waals surface area contributed by atoms with Gasteiger partial charge in [0.05, 0.1) is 32.6 Å². The summed E-state index contributed by atoms with van der Waals surface area (Å²) in [7, 11) is 0. The molecule has 0 atom stereocenters. The molecule has 0 aliphatic carbocycles. The molecule has 0 unspecified atom stereocenters. The highest BCUT2D eigenvalue weighted by Gasteiger charge is 2.15. The molecular formula is C30H21BrN4O2S2. The number of carbonyl (C=O) groups is 1. The number of halogens is 1. The van der Waals surface area contributed by atoms with Crippen LogP contribution in [0.2, 0.25) is 0 Å². The lowest BCUT2D eigenvalue weighted by Crippen LogP contribution is -2.23. The maximum absolute atomic E-state index is 13.4. The Morgan fingerprint density at radius 1 is 0.949 bits per heavy atom. The zero-order valence-corrected chi connectivity index (χ0v) is 23.9. The van der Waals surface area contributed by atoms with E-state index < -0.39 is 0 Å². The lowest BCUT2D eigenvalue weighted by atomic mass is 10.2. The molecule has 2 heterocycles. The average Bonchev–Trinajstić information content (AvgIpc) is 3.36. The number of nitrogens with zero attached hydrogens (tertiary/aromatic N) is 3. The summed E-state index contributed by atoms with van der Waals surface area (Å²) in [5.74, 6) is -0.0896. The summed E-state index contributed by atoms with van der Waals surface area (Å²) < 4.78 is 3.62. The third-order valence-corrected chi connectivity index (χ3v) is 8.66. The van der Waals surface area contributed by atoms with Gasteiger partial charge in [-0.1, -0.05) is 45.9 Å². The standard InChI is InChI=1S/C30H21BrN4O2S2/c1-18-6-15-25-26(16-18)39-28(33-25)19-7-11-21(12-8-19)32-27(36)17-38-30-34-24-5-3-2-4-23(24)29(37)35(30)22-13-9-20(31)10-14-22/h2-16H,17H2,1H3,(H,32,36). The van der Waals surface area contributed by atoms with Crippen LogP contribution in [0, 0.1) is 6.92 Å². The van der Waals surface area contributed by atoms with Crippen LogP contribution < -0.4 is 10.9 Å². The molecular weight excluding hydrogens is 592 g/mol. The zero-order valence-electron chi connectivity index (χ0n) is 20.7. The van der Waals surface area contributed by atoms with E-state index in [1.807, 2.05) is 66.7 Å². The monoisotopic (exact) mass is 612 g/mol. The van der Waals surface area contributed by atoms with Gasteiger partial charge >= 0.3 is 0 Å². The fourth-order valence-electron chi connectivity index (χ4n) is 4.21. The van der Waals surface area contributed by atoms with Gasteiger partial charge in [-0.25, -0.2) is 9.97 Å². The quantitative estimate of drug-likeness (QED) is 0.156. The molecule has 4 aromatic carbocycles. The number of aromatic nitrogens is 3. The van der Waals surface area contributed by atoms with Gasteiger partial charge in [0, 0.05) is 15.7 Å². The van der Waals surface area contributed by atoms with Crippen LogP contribution in [0.1, 0.15) is 5.56 Å². The Kier molecular flexibility index (Phi) is 7.03. The third kappa shape index (κ3) is 5.38. The van der Waals surface area contributed by atoms with E-state index in [9.17, 15) is 9.59 Å². The van der Waals surface area contributed by atoms with Crippen LogP contribution in [0.5, 0.6) is 0 Å². The Balaban J connectivity index is 1.20. The van der Waals surface area contributed by atoms with E-state index in [2.05, 4.69) is 40.3 Å². The van der Waals surface area contributed by atoms with Gasteiger partial charge in [0.25, 0.3) is 5.56 Å². The summed E-state index contributed by atoms with van der Waals surface area (Å²) >= 11 is 6.32. The number of nitrogens with one attached hydrogen (secondary N) is 1. The molecule has 9 heteroatoms. The number of anilines is 1. The molecule has 0 saturated carbocycles. The molecule has 0 fully saturated rings. The number of thiazole rings is 1. The first kappa shape index (κ1) is 25.5. The Morgan fingerprint density at radius 3 is 2.51 bits per heavy atom. The number of benzene rings is 4. The Bertz CT molecular complexity index is 1900. The van der Waals surface area contributed by atoms with Crippen LogP contribution >= 0.6 is 39.0 Å². The van der Waals surface area contributed by atoms with E-state index in [0.29, 0.717) is 27.4 Å². The third-order valence-electron chi connectivity index (χ3n) is 6.12. The van der Waals surface area contributed by atoms with Gasteiger partial charge in [0.15, 0.2) is 5.16 Å². The largest absolute Gasteiger partial charge is 0.325 e. The molecule has 0 saturated heterocycles. The number of carbonyl (C=O) groups excluding carboxylic acids is 1. The Labute approximate surface area is 240 Å². The molecule has 0 spiro atoms. The van der Waals surface area contributed by atoms with Gasteiger partial charge in [0.2, 0.25) is 5.91 Å². The molecule has 6 nitrogen and oxygen atoms in total. The maximum Gasteiger partial charge on any atom is 0.266 e. The number of hydrogen-bond acceptors (Lipinski definition) is 6. The van der Waals surface area contributed by atoms with E-state index in [-0.39, 0.29) is 17.2 Å². The fraction of sp³-hybridized carbons (Fsp3) is 0.0667. The highest BCUT2D eigenvalue weighted by atomic mass is 79.9. The molecule has 0 aliphatic heterocycles. The van der Waals surface area contributed by atoms with Crippen LogP contribution in [0.25, 0.3) is 37.4 Å². The van der Waals surface area contributed by atoms with Crippen LogP contribution in [-0.2, 0) is 4.79 Å². The van der Waals surface area contributed by atoms with Crippen molar-refractivity contribution in [2.24, 2.45) is 0 Å². The molecule has 2 aromatic heterocycles. The number of rotatable bonds is 6. The molecule has 1 N–H and O–H groups in total. The number of para-hydroxylation sites is 1. The van der Waals surface area contributed by atoms with Gasteiger partial charge in [-0.05, 0) is 85.3 Å². The van der Waals surface area contributed by atoms with Crippen LogP contribution in [0.15, 0.2) is 105 Å². The van der Waals surface area contributed by atoms with Crippen molar-refractivity contribution in [2.75, 3.05) is 11.1 Å². The number of hydrogen-bond donors (Lipinski definition) is 1. The summed E-state index contributed by atoms with van der Waals surface area (Å²) in [5, 5.41) is 4.87. The normalized spacial score (nSPS) is 11.2. The van der Waals surface area contributed by atoms with Crippen LogP contribution in [-0.4, -0.2) is 26.2 Å². The summed E-state index contributed by atoms with van der Waals surface area (Å²) in [6.07, 6.45) is 0. The molecule has 39 heavy (non-hydrogen) atoms. The minimum Gasteiger partial charge on any atom is -0.325 e. The van der Waals surface area contributed by atoms with Crippen molar-refractivity contribution in [1.82, 2.24) is 14.5 Å². The molecule has 0 bridgehead atoms. The number of aryl methyl sites for hydroxylation is 1. The number of fused-ring (bicyclic) bond motifs is 2. The Morgan fingerprint density at radius 2 is 1.72 bits per heavy atom. The second-order valence-corrected chi connectivity index (χ2v) is 11.8. The van der Waals surface area contributed by atoms with Crippen molar-refractivity contribution in [1.29, 1.82) is 0 Å². The Hall–Kier alpha value is -3.79. The van der Waals surface area contributed by atoms with Crippen LogP contribution in [0.4, 0.5) is 5.69 Å². The molecule has 6 aromatic rings.